The van der Waals surface area contributed by atoms with Crippen LogP contribution in [0.4, 0.5) is 5.82 Å². The van der Waals surface area contributed by atoms with Gasteiger partial charge < -0.3 is 19.4 Å². The van der Waals surface area contributed by atoms with Crippen molar-refractivity contribution in [1.29, 1.82) is 0 Å². The molecule has 0 saturated carbocycles. The van der Waals surface area contributed by atoms with Crippen LogP contribution in [0.25, 0.3) is 0 Å². The molecule has 164 valence electrons. The van der Waals surface area contributed by atoms with Gasteiger partial charge >= 0.3 is 5.97 Å². The number of likely N-dealkylation sites (tertiary alicyclic amines) is 1. The molecule has 2 aliphatic rings. The van der Waals surface area contributed by atoms with Gasteiger partial charge in [-0.1, -0.05) is 0 Å². The fourth-order valence-electron chi connectivity index (χ4n) is 4.19. The van der Waals surface area contributed by atoms with Gasteiger partial charge in [0.15, 0.2) is 0 Å². The highest BCUT2D eigenvalue weighted by atomic mass is 16.5. The zero-order valence-corrected chi connectivity index (χ0v) is 17.8. The molecule has 3 rings (SSSR count). The third kappa shape index (κ3) is 5.46. The molecule has 2 saturated heterocycles. The van der Waals surface area contributed by atoms with Crippen molar-refractivity contribution in [2.75, 3.05) is 51.3 Å². The van der Waals surface area contributed by atoms with E-state index in [1.54, 1.807) is 37.5 Å². The first-order valence-electron chi connectivity index (χ1n) is 10.7. The van der Waals surface area contributed by atoms with Gasteiger partial charge in [0.25, 0.3) is 0 Å². The van der Waals surface area contributed by atoms with Gasteiger partial charge in [-0.3, -0.25) is 19.4 Å². The number of carbonyl (C=O) groups is 3. The molecule has 3 heterocycles. The number of esters is 1. The first-order valence-corrected chi connectivity index (χ1v) is 10.7. The van der Waals surface area contributed by atoms with Crippen LogP contribution >= 0.6 is 0 Å². The molecule has 0 spiro atoms. The highest BCUT2D eigenvalue weighted by Crippen LogP contribution is 2.23. The summed E-state index contributed by atoms with van der Waals surface area (Å²) in [6.45, 7) is 4.54. The molecule has 0 aromatic carbocycles. The molecule has 1 aromatic heterocycles. The summed E-state index contributed by atoms with van der Waals surface area (Å²) < 4.78 is 5.10. The van der Waals surface area contributed by atoms with Crippen molar-refractivity contribution in [3.63, 3.8) is 0 Å². The van der Waals surface area contributed by atoms with E-state index in [1.807, 2.05) is 0 Å². The van der Waals surface area contributed by atoms with Crippen molar-refractivity contribution in [3.05, 3.63) is 18.6 Å². The number of likely N-dealkylation sites (N-methyl/N-ethyl adjacent to an activating group) is 1. The van der Waals surface area contributed by atoms with E-state index in [9.17, 15) is 14.4 Å². The Kier molecular flexibility index (Phi) is 7.59. The summed E-state index contributed by atoms with van der Waals surface area (Å²) in [4.78, 5) is 51.4. The topological polar surface area (TPSA) is 95.9 Å². The number of carbonyl (C=O) groups excluding carboxylic acids is 3. The Morgan fingerprint density at radius 2 is 1.90 bits per heavy atom. The van der Waals surface area contributed by atoms with Crippen LogP contribution in [0.5, 0.6) is 0 Å². The van der Waals surface area contributed by atoms with Crippen LogP contribution in [-0.4, -0.2) is 83.9 Å². The fourth-order valence-corrected chi connectivity index (χ4v) is 4.19. The summed E-state index contributed by atoms with van der Waals surface area (Å²) in [5.41, 5.74) is 0. The van der Waals surface area contributed by atoms with E-state index in [0.29, 0.717) is 26.2 Å². The van der Waals surface area contributed by atoms with E-state index < -0.39 is 0 Å². The predicted molar refractivity (Wildman–Crippen MR) is 111 cm³/mol. The number of rotatable bonds is 6. The van der Waals surface area contributed by atoms with E-state index >= 15 is 0 Å². The lowest BCUT2D eigenvalue weighted by Gasteiger charge is -2.35. The van der Waals surface area contributed by atoms with Crippen LogP contribution in [0.15, 0.2) is 18.6 Å². The largest absolute Gasteiger partial charge is 0.466 e. The lowest BCUT2D eigenvalue weighted by molar-refractivity contribution is -0.152. The van der Waals surface area contributed by atoms with Crippen molar-refractivity contribution in [1.82, 2.24) is 19.8 Å². The second-order valence-corrected chi connectivity index (χ2v) is 7.97. The zero-order chi connectivity index (χ0) is 21.5. The molecule has 2 fully saturated rings. The van der Waals surface area contributed by atoms with Gasteiger partial charge in [0.2, 0.25) is 11.8 Å². The van der Waals surface area contributed by atoms with E-state index in [0.717, 1.165) is 38.0 Å². The monoisotopic (exact) mass is 417 g/mol. The first-order chi connectivity index (χ1) is 14.5. The number of piperidine rings is 2. The zero-order valence-electron chi connectivity index (χ0n) is 17.8. The van der Waals surface area contributed by atoms with Gasteiger partial charge in [0.1, 0.15) is 5.82 Å². The average Bonchev–Trinajstić information content (AvgIpc) is 2.79. The maximum Gasteiger partial charge on any atom is 0.310 e. The molecular formula is C21H31N5O4. The van der Waals surface area contributed by atoms with Crippen LogP contribution in [0.3, 0.4) is 0 Å². The molecule has 2 amide bonds. The minimum absolute atomic E-state index is 0.0238. The quantitative estimate of drug-likeness (QED) is 0.636. The Bertz CT molecular complexity index is 744. The first kappa shape index (κ1) is 22.0. The molecule has 0 N–H and O–H groups in total. The van der Waals surface area contributed by atoms with Crippen molar-refractivity contribution < 1.29 is 19.1 Å². The van der Waals surface area contributed by atoms with Gasteiger partial charge in [-0.2, -0.15) is 0 Å². The Morgan fingerprint density at radius 3 is 2.63 bits per heavy atom. The molecule has 2 unspecified atom stereocenters. The van der Waals surface area contributed by atoms with Crippen LogP contribution in [-0.2, 0) is 19.1 Å². The molecule has 1 aromatic rings. The molecular weight excluding hydrogens is 386 g/mol. The van der Waals surface area contributed by atoms with Crippen LogP contribution in [0.2, 0.25) is 0 Å². The Balaban J connectivity index is 1.53. The summed E-state index contributed by atoms with van der Waals surface area (Å²) in [7, 11) is 1.67. The highest BCUT2D eigenvalue weighted by Gasteiger charge is 2.32. The molecule has 9 nitrogen and oxygen atoms in total. The van der Waals surface area contributed by atoms with Crippen molar-refractivity contribution in [3.8, 4) is 0 Å². The van der Waals surface area contributed by atoms with E-state index in [-0.39, 0.29) is 36.2 Å². The fraction of sp³-hybridized carbons (Fsp3) is 0.667. The predicted octanol–water partition coefficient (Wildman–Crippen LogP) is 0.953. The molecule has 9 heteroatoms. The number of ether oxygens (including phenoxy) is 1. The summed E-state index contributed by atoms with van der Waals surface area (Å²) in [5.74, 6) is -0.0788. The minimum Gasteiger partial charge on any atom is -0.466 e. The SMILES string of the molecule is CCOC(=O)C1CCCN(C(=O)CN(C)C(=O)C2CCCN(c3cnccn3)C2)C1. The summed E-state index contributed by atoms with van der Waals surface area (Å²) >= 11 is 0. The van der Waals surface area contributed by atoms with E-state index in [1.165, 1.54) is 4.90 Å². The van der Waals surface area contributed by atoms with Gasteiger partial charge in [-0.05, 0) is 32.6 Å². The van der Waals surface area contributed by atoms with Crippen molar-refractivity contribution in [2.45, 2.75) is 32.6 Å². The standard InChI is InChI=1S/C21H31N5O4/c1-3-30-21(29)17-7-5-11-26(14-17)19(27)15-24(2)20(28)16-6-4-10-25(13-16)18-12-22-8-9-23-18/h8-9,12,16-17H,3-7,10-11,13-15H2,1-2H3. The number of hydrogen-bond donors (Lipinski definition) is 0. The number of anilines is 1. The number of hydrogen-bond acceptors (Lipinski definition) is 7. The highest BCUT2D eigenvalue weighted by molar-refractivity contribution is 5.86. The average molecular weight is 418 g/mol. The van der Waals surface area contributed by atoms with Crippen LogP contribution in [0, 0.1) is 11.8 Å². The summed E-state index contributed by atoms with van der Waals surface area (Å²) in [6.07, 6.45) is 8.16. The van der Waals surface area contributed by atoms with Crippen molar-refractivity contribution >= 4 is 23.6 Å². The third-order valence-electron chi connectivity index (χ3n) is 5.79. The summed E-state index contributed by atoms with van der Waals surface area (Å²) in [5, 5.41) is 0. The molecule has 2 atom stereocenters. The lowest BCUT2D eigenvalue weighted by atomic mass is 9.96. The smallest absolute Gasteiger partial charge is 0.310 e. The molecule has 30 heavy (non-hydrogen) atoms. The Hall–Kier alpha value is -2.71. The van der Waals surface area contributed by atoms with E-state index in [4.69, 9.17) is 4.74 Å². The molecule has 0 aliphatic carbocycles. The lowest BCUT2D eigenvalue weighted by Crippen LogP contribution is -2.49. The van der Waals surface area contributed by atoms with E-state index in [2.05, 4.69) is 14.9 Å². The number of nitrogens with zero attached hydrogens (tertiary/aromatic N) is 5. The Morgan fingerprint density at radius 1 is 1.13 bits per heavy atom. The summed E-state index contributed by atoms with van der Waals surface area (Å²) in [6, 6.07) is 0. The Labute approximate surface area is 177 Å². The van der Waals surface area contributed by atoms with Crippen LogP contribution < -0.4 is 4.90 Å². The van der Waals surface area contributed by atoms with Gasteiger partial charge in [0.05, 0.1) is 31.2 Å². The van der Waals surface area contributed by atoms with Gasteiger partial charge in [-0.25, -0.2) is 4.98 Å². The number of amides is 2. The normalized spacial score (nSPS) is 21.8. The second kappa shape index (κ2) is 10.4. The number of aromatic nitrogens is 2. The molecule has 2 aliphatic heterocycles. The maximum atomic E-state index is 13.0. The van der Waals surface area contributed by atoms with Crippen molar-refractivity contribution in [2.24, 2.45) is 11.8 Å². The third-order valence-corrected chi connectivity index (χ3v) is 5.79. The van der Waals surface area contributed by atoms with Crippen LogP contribution in [0.1, 0.15) is 32.6 Å². The second-order valence-electron chi connectivity index (χ2n) is 7.97. The van der Waals surface area contributed by atoms with Gasteiger partial charge in [0, 0.05) is 45.6 Å². The maximum absolute atomic E-state index is 13.0. The minimum atomic E-state index is -0.275. The molecule has 0 radical (unpaired) electrons. The molecule has 0 bridgehead atoms. The van der Waals surface area contributed by atoms with Gasteiger partial charge in [-0.15, -0.1) is 0 Å².